The molecule has 3 nitrogen and oxygen atoms in total. The molecule has 0 aromatic rings. The van der Waals surface area contributed by atoms with E-state index < -0.39 is 24.6 Å². The quantitative estimate of drug-likeness (QED) is 0.699. The van der Waals surface area contributed by atoms with Crippen molar-refractivity contribution in [2.24, 2.45) is 0 Å². The average molecular weight is 305 g/mol. The highest BCUT2D eigenvalue weighted by molar-refractivity contribution is 5.75. The van der Waals surface area contributed by atoms with Crippen LogP contribution in [0, 0.1) is 0 Å². The van der Waals surface area contributed by atoms with Gasteiger partial charge < -0.3 is 10.1 Å². The Bertz CT molecular complexity index is 305. The summed E-state index contributed by atoms with van der Waals surface area (Å²) >= 11 is 0. The third-order valence-electron chi connectivity index (χ3n) is 2.44. The highest BCUT2D eigenvalue weighted by Crippen LogP contribution is 2.34. The molecule has 1 N–H and O–H groups in total. The van der Waals surface area contributed by atoms with Crippen molar-refractivity contribution in [2.45, 2.75) is 64.3 Å². The number of amides is 1. The van der Waals surface area contributed by atoms with Crippen LogP contribution in [0.15, 0.2) is 0 Å². The van der Waals surface area contributed by atoms with Gasteiger partial charge in [0.25, 0.3) is 0 Å². The van der Waals surface area contributed by atoms with Gasteiger partial charge in [-0.2, -0.15) is 22.0 Å². The van der Waals surface area contributed by atoms with Crippen molar-refractivity contribution >= 4 is 5.91 Å². The van der Waals surface area contributed by atoms with Crippen LogP contribution in [-0.2, 0) is 9.53 Å². The first-order chi connectivity index (χ1) is 8.95. The van der Waals surface area contributed by atoms with Crippen LogP contribution in [0.5, 0.6) is 0 Å². The Labute approximate surface area is 114 Å². The third-order valence-corrected chi connectivity index (χ3v) is 2.44. The van der Waals surface area contributed by atoms with Gasteiger partial charge in [-0.25, -0.2) is 0 Å². The molecule has 0 aliphatic carbocycles. The molecule has 0 bridgehead atoms. The van der Waals surface area contributed by atoms with Gasteiger partial charge in [0.05, 0.1) is 18.8 Å². The van der Waals surface area contributed by atoms with E-state index in [9.17, 15) is 26.7 Å². The summed E-state index contributed by atoms with van der Waals surface area (Å²) in [4.78, 5) is 11.2. The van der Waals surface area contributed by atoms with Crippen molar-refractivity contribution in [1.29, 1.82) is 0 Å². The van der Waals surface area contributed by atoms with Crippen LogP contribution in [0.4, 0.5) is 22.0 Å². The lowest BCUT2D eigenvalue weighted by Gasteiger charge is -2.20. The molecule has 0 rings (SSSR count). The maximum atomic E-state index is 12.5. The van der Waals surface area contributed by atoms with Crippen molar-refractivity contribution in [3.63, 3.8) is 0 Å². The first-order valence-electron chi connectivity index (χ1n) is 6.32. The van der Waals surface area contributed by atoms with Crippen LogP contribution >= 0.6 is 0 Å². The summed E-state index contributed by atoms with van der Waals surface area (Å²) in [6.45, 7) is 3.77. The molecular formula is C12H20F5NO2. The zero-order valence-corrected chi connectivity index (χ0v) is 11.7. The molecule has 0 aliphatic heterocycles. The minimum absolute atomic E-state index is 0.0318. The van der Waals surface area contributed by atoms with Crippen LogP contribution in [0.2, 0.25) is 0 Å². The molecule has 0 aliphatic rings. The van der Waals surface area contributed by atoms with Crippen LogP contribution in [0.25, 0.3) is 0 Å². The summed E-state index contributed by atoms with van der Waals surface area (Å²) in [5.41, 5.74) is 0. The Morgan fingerprint density at radius 1 is 1.15 bits per heavy atom. The molecule has 0 saturated heterocycles. The van der Waals surface area contributed by atoms with Crippen molar-refractivity contribution in [3.8, 4) is 0 Å². The van der Waals surface area contributed by atoms with Gasteiger partial charge in [-0.05, 0) is 33.6 Å². The van der Waals surface area contributed by atoms with E-state index in [0.717, 1.165) is 0 Å². The third kappa shape index (κ3) is 7.62. The lowest BCUT2D eigenvalue weighted by molar-refractivity contribution is -0.278. The zero-order chi connectivity index (χ0) is 16.0. The van der Waals surface area contributed by atoms with E-state index in [4.69, 9.17) is 4.74 Å². The number of halogens is 5. The van der Waals surface area contributed by atoms with Crippen molar-refractivity contribution in [3.05, 3.63) is 0 Å². The summed E-state index contributed by atoms with van der Waals surface area (Å²) in [6, 6.07) is 0. The smallest absolute Gasteiger partial charge is 0.376 e. The fourth-order valence-corrected chi connectivity index (χ4v) is 1.48. The SMILES string of the molecule is CC(C)OC(C)CCCC(=O)NCC(F)(F)C(F)(F)F. The normalized spacial score (nSPS) is 14.4. The molecule has 0 radical (unpaired) electrons. The van der Waals surface area contributed by atoms with Gasteiger partial charge in [0.2, 0.25) is 5.91 Å². The topological polar surface area (TPSA) is 38.3 Å². The Morgan fingerprint density at radius 3 is 2.15 bits per heavy atom. The minimum Gasteiger partial charge on any atom is -0.376 e. The lowest BCUT2D eigenvalue weighted by Crippen LogP contribution is -2.46. The Balaban J connectivity index is 3.91. The van der Waals surface area contributed by atoms with Crippen LogP contribution in [0.3, 0.4) is 0 Å². The van der Waals surface area contributed by atoms with E-state index in [-0.39, 0.29) is 18.6 Å². The summed E-state index contributed by atoms with van der Waals surface area (Å²) in [5.74, 6) is -5.73. The lowest BCUT2D eigenvalue weighted by atomic mass is 10.1. The van der Waals surface area contributed by atoms with Crippen LogP contribution < -0.4 is 5.32 Å². The maximum absolute atomic E-state index is 12.5. The molecule has 1 atom stereocenters. The number of alkyl halides is 5. The molecule has 20 heavy (non-hydrogen) atoms. The number of carbonyl (C=O) groups is 1. The standard InChI is InChI=1S/C12H20F5NO2/c1-8(2)20-9(3)5-4-6-10(19)18-7-11(13,14)12(15,16)17/h8-9H,4-7H2,1-3H3,(H,18,19). The van der Waals surface area contributed by atoms with E-state index >= 15 is 0 Å². The number of nitrogens with one attached hydrogen (secondary N) is 1. The molecule has 1 amide bonds. The Morgan fingerprint density at radius 2 is 1.70 bits per heavy atom. The Hall–Kier alpha value is -0.920. The number of rotatable bonds is 8. The molecule has 0 aromatic heterocycles. The van der Waals surface area contributed by atoms with E-state index in [1.165, 1.54) is 0 Å². The van der Waals surface area contributed by atoms with Gasteiger partial charge in [0, 0.05) is 6.42 Å². The van der Waals surface area contributed by atoms with Crippen molar-refractivity contribution in [2.75, 3.05) is 6.54 Å². The second-order valence-corrected chi connectivity index (χ2v) is 4.87. The van der Waals surface area contributed by atoms with E-state index in [1.54, 1.807) is 12.2 Å². The minimum atomic E-state index is -5.65. The average Bonchev–Trinajstić information content (AvgIpc) is 2.23. The van der Waals surface area contributed by atoms with Gasteiger partial charge in [-0.1, -0.05) is 0 Å². The van der Waals surface area contributed by atoms with Crippen molar-refractivity contribution < 1.29 is 31.5 Å². The summed E-state index contributed by atoms with van der Waals surface area (Å²) in [7, 11) is 0. The first-order valence-corrected chi connectivity index (χ1v) is 6.32. The van der Waals surface area contributed by atoms with Gasteiger partial charge in [-0.3, -0.25) is 4.79 Å². The van der Waals surface area contributed by atoms with Crippen LogP contribution in [-0.4, -0.2) is 36.8 Å². The van der Waals surface area contributed by atoms with Crippen LogP contribution in [0.1, 0.15) is 40.0 Å². The zero-order valence-electron chi connectivity index (χ0n) is 11.7. The number of carbonyl (C=O) groups excluding carboxylic acids is 1. The molecule has 0 aromatic carbocycles. The predicted octanol–water partition coefficient (Wildman–Crippen LogP) is 3.28. The van der Waals surface area contributed by atoms with E-state index in [2.05, 4.69) is 0 Å². The highest BCUT2D eigenvalue weighted by Gasteiger charge is 2.57. The molecule has 1 unspecified atom stereocenters. The van der Waals surface area contributed by atoms with Gasteiger partial charge in [-0.15, -0.1) is 0 Å². The summed E-state index contributed by atoms with van der Waals surface area (Å²) in [6.07, 6.45) is -4.94. The molecule has 0 heterocycles. The fraction of sp³-hybridized carbons (Fsp3) is 0.917. The highest BCUT2D eigenvalue weighted by atomic mass is 19.4. The maximum Gasteiger partial charge on any atom is 0.455 e. The molecule has 8 heteroatoms. The predicted molar refractivity (Wildman–Crippen MR) is 63.5 cm³/mol. The summed E-state index contributed by atoms with van der Waals surface area (Å²) in [5, 5.41) is 1.59. The van der Waals surface area contributed by atoms with E-state index in [1.807, 2.05) is 13.8 Å². The monoisotopic (exact) mass is 305 g/mol. The summed E-state index contributed by atoms with van der Waals surface area (Å²) < 4.78 is 66.0. The van der Waals surface area contributed by atoms with Crippen molar-refractivity contribution in [1.82, 2.24) is 5.32 Å². The molecule has 120 valence electrons. The molecular weight excluding hydrogens is 285 g/mol. The van der Waals surface area contributed by atoms with Gasteiger partial charge >= 0.3 is 12.1 Å². The first kappa shape index (κ1) is 19.1. The fourth-order valence-electron chi connectivity index (χ4n) is 1.48. The molecule has 0 saturated carbocycles. The number of hydrogen-bond donors (Lipinski definition) is 1. The molecule has 0 spiro atoms. The van der Waals surface area contributed by atoms with E-state index in [0.29, 0.717) is 12.8 Å². The van der Waals surface area contributed by atoms with Gasteiger partial charge in [0.15, 0.2) is 0 Å². The Kier molecular flexibility index (Phi) is 7.40. The largest absolute Gasteiger partial charge is 0.455 e. The second-order valence-electron chi connectivity index (χ2n) is 4.87. The number of hydrogen-bond acceptors (Lipinski definition) is 2. The van der Waals surface area contributed by atoms with Gasteiger partial charge in [0.1, 0.15) is 0 Å². The number of ether oxygens (including phenoxy) is 1. The molecule has 0 fully saturated rings. The second kappa shape index (κ2) is 7.75.